The Morgan fingerprint density at radius 2 is 1.52 bits per heavy atom. The number of benzene rings is 1. The quantitative estimate of drug-likeness (QED) is 0.354. The first kappa shape index (κ1) is 20.1. The van der Waals surface area contributed by atoms with Gasteiger partial charge in [-0.05, 0) is 32.5 Å². The second-order valence-corrected chi connectivity index (χ2v) is 12.0. The first-order chi connectivity index (χ1) is 10.8. The number of hydrogen-bond acceptors (Lipinski definition) is 2. The van der Waals surface area contributed by atoms with Gasteiger partial charge in [-0.2, -0.15) is 0 Å². The maximum Gasteiger partial charge on any atom is 0.184 e. The fraction of sp³-hybridized carbons (Fsp3) is 0.650. The van der Waals surface area contributed by atoms with Crippen LogP contribution in [0.4, 0.5) is 0 Å². The highest BCUT2D eigenvalue weighted by Gasteiger charge is 2.37. The van der Waals surface area contributed by atoms with Crippen LogP contribution in [0.2, 0.25) is 19.6 Å². The van der Waals surface area contributed by atoms with Crippen molar-refractivity contribution in [3.05, 3.63) is 35.9 Å². The predicted octanol–water partition coefficient (Wildman–Crippen LogP) is 6.23. The molecule has 0 aliphatic heterocycles. The molecule has 23 heavy (non-hydrogen) atoms. The van der Waals surface area contributed by atoms with Gasteiger partial charge >= 0.3 is 0 Å². The van der Waals surface area contributed by atoms with E-state index in [4.69, 9.17) is 4.43 Å². The van der Waals surface area contributed by atoms with E-state index in [0.29, 0.717) is 6.42 Å². The van der Waals surface area contributed by atoms with E-state index in [9.17, 15) is 4.79 Å². The van der Waals surface area contributed by atoms with E-state index in [0.717, 1.165) is 44.1 Å². The van der Waals surface area contributed by atoms with Crippen LogP contribution in [0.25, 0.3) is 0 Å². The zero-order valence-electron chi connectivity index (χ0n) is 15.7. The van der Waals surface area contributed by atoms with Crippen molar-refractivity contribution in [2.75, 3.05) is 0 Å². The number of hydrogen-bond donors (Lipinski definition) is 0. The molecular weight excluding hydrogens is 300 g/mol. The van der Waals surface area contributed by atoms with Gasteiger partial charge in [0.2, 0.25) is 0 Å². The summed E-state index contributed by atoms with van der Waals surface area (Å²) in [6, 6.07) is 9.66. The lowest BCUT2D eigenvalue weighted by Crippen LogP contribution is -2.44. The fourth-order valence-electron chi connectivity index (χ4n) is 3.11. The topological polar surface area (TPSA) is 26.3 Å². The summed E-state index contributed by atoms with van der Waals surface area (Å²) in [5.74, 6) is 0.219. The largest absolute Gasteiger partial charge is 0.412 e. The highest BCUT2D eigenvalue weighted by molar-refractivity contribution is 6.69. The van der Waals surface area contributed by atoms with Gasteiger partial charge in [-0.25, -0.2) is 0 Å². The summed E-state index contributed by atoms with van der Waals surface area (Å²) in [6.07, 6.45) is 7.03. The molecule has 0 aliphatic carbocycles. The molecule has 1 aromatic carbocycles. The molecule has 0 atom stereocenters. The van der Waals surface area contributed by atoms with Gasteiger partial charge in [-0.15, -0.1) is 0 Å². The molecule has 3 heteroatoms. The smallest absolute Gasteiger partial charge is 0.184 e. The third-order valence-corrected chi connectivity index (χ3v) is 5.12. The summed E-state index contributed by atoms with van der Waals surface area (Å²) >= 11 is 0. The van der Waals surface area contributed by atoms with Crippen molar-refractivity contribution >= 4 is 14.1 Å². The molecule has 0 bridgehead atoms. The summed E-state index contributed by atoms with van der Waals surface area (Å²) < 4.78 is 6.64. The summed E-state index contributed by atoms with van der Waals surface area (Å²) in [5, 5.41) is 0. The first-order valence-electron chi connectivity index (χ1n) is 9.10. The molecule has 0 heterocycles. The molecule has 1 rings (SSSR count). The van der Waals surface area contributed by atoms with Gasteiger partial charge in [0, 0.05) is 12.0 Å². The average molecular weight is 335 g/mol. The highest BCUT2D eigenvalue weighted by Crippen LogP contribution is 2.34. The highest BCUT2D eigenvalue weighted by atomic mass is 28.4. The number of carbonyl (C=O) groups excluding carboxylic acids is 1. The minimum atomic E-state index is -1.71. The van der Waals surface area contributed by atoms with Crippen molar-refractivity contribution in [3.63, 3.8) is 0 Å². The number of rotatable bonds is 11. The van der Waals surface area contributed by atoms with E-state index in [1.165, 1.54) is 0 Å². The maximum atomic E-state index is 12.8. The summed E-state index contributed by atoms with van der Waals surface area (Å²) in [4.78, 5) is 12.8. The molecule has 0 fully saturated rings. The summed E-state index contributed by atoms with van der Waals surface area (Å²) in [5.41, 5.74) is 0.535. The van der Waals surface area contributed by atoms with E-state index in [-0.39, 0.29) is 11.4 Å². The number of Topliss-reactive ketones (excluding diaryl/α,β-unsaturated/α-hetero) is 1. The van der Waals surface area contributed by atoms with E-state index in [1.807, 2.05) is 30.3 Å². The normalized spacial score (nSPS) is 12.4. The Morgan fingerprint density at radius 1 is 1.00 bits per heavy atom. The van der Waals surface area contributed by atoms with Crippen LogP contribution in [0.15, 0.2) is 30.3 Å². The van der Waals surface area contributed by atoms with Gasteiger partial charge in [-0.1, -0.05) is 69.9 Å². The monoisotopic (exact) mass is 334 g/mol. The summed E-state index contributed by atoms with van der Waals surface area (Å²) in [6.45, 7) is 11.1. The number of unbranched alkanes of at least 4 members (excludes halogenated alkanes) is 2. The summed E-state index contributed by atoms with van der Waals surface area (Å²) in [7, 11) is -1.71. The van der Waals surface area contributed by atoms with Crippen molar-refractivity contribution in [2.24, 2.45) is 0 Å². The van der Waals surface area contributed by atoms with Crippen molar-refractivity contribution in [2.45, 2.75) is 84.0 Å². The Kier molecular flexibility index (Phi) is 8.21. The lowest BCUT2D eigenvalue weighted by Gasteiger charge is -2.39. The Hall–Kier alpha value is -0.933. The second kappa shape index (κ2) is 9.38. The van der Waals surface area contributed by atoms with Crippen LogP contribution in [0.3, 0.4) is 0 Å². The van der Waals surface area contributed by atoms with Crippen LogP contribution >= 0.6 is 0 Å². The minimum absolute atomic E-state index is 0.219. The molecule has 0 N–H and O–H groups in total. The van der Waals surface area contributed by atoms with Crippen molar-refractivity contribution in [3.8, 4) is 0 Å². The molecule has 2 nitrogen and oxygen atoms in total. The van der Waals surface area contributed by atoms with Crippen molar-refractivity contribution < 1.29 is 9.22 Å². The van der Waals surface area contributed by atoms with E-state index in [1.54, 1.807) is 0 Å². The first-order valence-corrected chi connectivity index (χ1v) is 12.5. The molecular formula is C20H34O2Si. The Bertz CT molecular complexity index is 454. The van der Waals surface area contributed by atoms with Crippen LogP contribution in [0.5, 0.6) is 0 Å². The third-order valence-electron chi connectivity index (χ3n) is 4.07. The average Bonchev–Trinajstić information content (AvgIpc) is 2.50. The zero-order valence-corrected chi connectivity index (χ0v) is 16.7. The van der Waals surface area contributed by atoms with Gasteiger partial charge in [0.05, 0.1) is 5.60 Å². The molecule has 0 aromatic heterocycles. The van der Waals surface area contributed by atoms with Crippen molar-refractivity contribution in [1.82, 2.24) is 0 Å². The molecule has 1 aromatic rings. The molecule has 130 valence electrons. The number of carbonyl (C=O) groups is 1. The maximum absolute atomic E-state index is 12.8. The predicted molar refractivity (Wildman–Crippen MR) is 102 cm³/mol. The molecule has 0 aliphatic rings. The molecule has 0 spiro atoms. The minimum Gasteiger partial charge on any atom is -0.412 e. The fourth-order valence-corrected chi connectivity index (χ4v) is 4.68. The molecule has 0 saturated carbocycles. The molecule has 0 unspecified atom stereocenters. The van der Waals surface area contributed by atoms with Crippen LogP contribution in [-0.4, -0.2) is 19.7 Å². The van der Waals surface area contributed by atoms with Crippen LogP contribution < -0.4 is 0 Å². The van der Waals surface area contributed by atoms with Crippen LogP contribution in [0, 0.1) is 0 Å². The lowest BCUT2D eigenvalue weighted by molar-refractivity contribution is 0.0288. The standard InChI is InChI=1S/C20H34O2Si/c1-6-8-15-20(16-9-7-2,22-23(3,4)5)17-19(21)18-13-11-10-12-14-18/h10-14H,6-9,15-17H2,1-5H3. The van der Waals surface area contributed by atoms with Gasteiger partial charge < -0.3 is 4.43 Å². The zero-order chi connectivity index (χ0) is 17.3. The SMILES string of the molecule is CCCCC(CCCC)(CC(=O)c1ccccc1)O[Si](C)(C)C. The Morgan fingerprint density at radius 3 is 1.96 bits per heavy atom. The van der Waals surface area contributed by atoms with Crippen molar-refractivity contribution in [1.29, 1.82) is 0 Å². The lowest BCUT2D eigenvalue weighted by atomic mass is 9.85. The third kappa shape index (κ3) is 7.45. The molecule has 0 radical (unpaired) electrons. The number of ketones is 1. The Balaban J connectivity index is 3.00. The van der Waals surface area contributed by atoms with Crippen LogP contribution in [0.1, 0.15) is 69.2 Å². The molecule has 0 amide bonds. The van der Waals surface area contributed by atoms with Crippen LogP contribution in [-0.2, 0) is 4.43 Å². The second-order valence-electron chi connectivity index (χ2n) is 7.57. The van der Waals surface area contributed by atoms with E-state index >= 15 is 0 Å². The van der Waals surface area contributed by atoms with Gasteiger partial charge in [0.1, 0.15) is 0 Å². The van der Waals surface area contributed by atoms with E-state index < -0.39 is 8.32 Å². The van der Waals surface area contributed by atoms with Gasteiger partial charge in [0.25, 0.3) is 0 Å². The Labute approximate surface area is 143 Å². The molecule has 0 saturated heterocycles. The van der Waals surface area contributed by atoms with Gasteiger partial charge in [-0.3, -0.25) is 4.79 Å². The van der Waals surface area contributed by atoms with Gasteiger partial charge in [0.15, 0.2) is 14.1 Å². The van der Waals surface area contributed by atoms with E-state index in [2.05, 4.69) is 33.5 Å².